The van der Waals surface area contributed by atoms with Gasteiger partial charge < -0.3 is 19.6 Å². The van der Waals surface area contributed by atoms with E-state index in [1.807, 2.05) is 12.1 Å². The fourth-order valence-electron chi connectivity index (χ4n) is 6.02. The van der Waals surface area contributed by atoms with Crippen LogP contribution in [0.4, 0.5) is 4.79 Å². The van der Waals surface area contributed by atoms with Gasteiger partial charge in [-0.25, -0.2) is 4.79 Å². The molecule has 0 radical (unpaired) electrons. The van der Waals surface area contributed by atoms with Crippen molar-refractivity contribution >= 4 is 31.1 Å². The van der Waals surface area contributed by atoms with E-state index in [-0.39, 0.29) is 17.1 Å². The Hall–Kier alpha value is -2.44. The van der Waals surface area contributed by atoms with Gasteiger partial charge in [0.25, 0.3) is 8.32 Å². The summed E-state index contributed by atoms with van der Waals surface area (Å²) in [6.07, 6.45) is 2.11. The van der Waals surface area contributed by atoms with Crippen LogP contribution in [0.3, 0.4) is 0 Å². The second-order valence-corrected chi connectivity index (χ2v) is 16.2. The van der Waals surface area contributed by atoms with E-state index in [9.17, 15) is 14.7 Å². The highest BCUT2D eigenvalue weighted by atomic mass is 28.4. The Bertz CT molecular complexity index is 957. The van der Waals surface area contributed by atoms with Gasteiger partial charge in [0.1, 0.15) is 6.29 Å². The van der Waals surface area contributed by atoms with Crippen LogP contribution in [0.2, 0.25) is 5.04 Å². The molecule has 2 N–H and O–H groups in total. The standard InChI is InChI=1S/C29H41NO4Si/c1-27(2,3)29(30-26(32)33)21-22(19-20-31)17-18-25(29)34-35(28(4,5)6,23-13-9-7-10-14-23)24-15-11-8-12-16-24/h7-16,20,22,25,30H,17-19,21H2,1-6H3,(H,32,33)/t22-,25-,29+/m1/s1. The van der Waals surface area contributed by atoms with Crippen molar-refractivity contribution in [3.8, 4) is 0 Å². The van der Waals surface area contributed by atoms with Crippen molar-refractivity contribution in [3.05, 3.63) is 60.7 Å². The maximum Gasteiger partial charge on any atom is 0.405 e. The maximum absolute atomic E-state index is 12.2. The van der Waals surface area contributed by atoms with Crippen molar-refractivity contribution in [3.63, 3.8) is 0 Å². The molecule has 5 nitrogen and oxygen atoms in total. The first-order chi connectivity index (χ1) is 16.4. The minimum absolute atomic E-state index is 0.123. The summed E-state index contributed by atoms with van der Waals surface area (Å²) in [7, 11) is -2.90. The van der Waals surface area contributed by atoms with E-state index in [1.54, 1.807) is 0 Å². The second-order valence-electron chi connectivity index (χ2n) is 12.0. The quantitative estimate of drug-likeness (QED) is 0.400. The summed E-state index contributed by atoms with van der Waals surface area (Å²) >= 11 is 0. The number of aldehydes is 1. The topological polar surface area (TPSA) is 75.6 Å². The van der Waals surface area contributed by atoms with Gasteiger partial charge in [-0.1, -0.05) is 102 Å². The van der Waals surface area contributed by atoms with Gasteiger partial charge in [-0.2, -0.15) is 0 Å². The van der Waals surface area contributed by atoms with E-state index < -0.39 is 25.4 Å². The lowest BCUT2D eigenvalue weighted by atomic mass is 9.61. The van der Waals surface area contributed by atoms with Crippen LogP contribution in [-0.4, -0.2) is 37.4 Å². The lowest BCUT2D eigenvalue weighted by Crippen LogP contribution is -2.74. The first-order valence-electron chi connectivity index (χ1n) is 12.6. The third-order valence-corrected chi connectivity index (χ3v) is 12.9. The Morgan fingerprint density at radius 3 is 1.91 bits per heavy atom. The van der Waals surface area contributed by atoms with Crippen molar-refractivity contribution in [2.45, 2.75) is 83.9 Å². The number of hydrogen-bond donors (Lipinski definition) is 2. The summed E-state index contributed by atoms with van der Waals surface area (Å²) in [6, 6.07) is 20.9. The number of carboxylic acid groups (broad SMARTS) is 1. The molecule has 0 spiro atoms. The highest BCUT2D eigenvalue weighted by molar-refractivity contribution is 6.99. The van der Waals surface area contributed by atoms with E-state index in [0.29, 0.717) is 19.3 Å². The fraction of sp³-hybridized carbons (Fsp3) is 0.517. The summed E-state index contributed by atoms with van der Waals surface area (Å²) in [5, 5.41) is 15.1. The lowest BCUT2D eigenvalue weighted by molar-refractivity contribution is -0.110. The molecule has 1 aliphatic rings. The molecule has 0 aliphatic heterocycles. The Morgan fingerprint density at radius 2 is 1.51 bits per heavy atom. The molecule has 0 aromatic heterocycles. The van der Waals surface area contributed by atoms with Crippen LogP contribution >= 0.6 is 0 Å². The number of rotatable bonds is 7. The largest absolute Gasteiger partial charge is 0.465 e. The molecule has 0 saturated heterocycles. The molecule has 2 aromatic rings. The Labute approximate surface area is 211 Å². The van der Waals surface area contributed by atoms with Gasteiger partial charge in [-0.3, -0.25) is 0 Å². The van der Waals surface area contributed by atoms with Crippen molar-refractivity contribution in [2.75, 3.05) is 0 Å². The number of nitrogens with one attached hydrogen (secondary N) is 1. The summed E-state index contributed by atoms with van der Waals surface area (Å²) in [6.45, 7) is 12.9. The molecule has 1 aliphatic carbocycles. The van der Waals surface area contributed by atoms with Crippen molar-refractivity contribution in [1.29, 1.82) is 0 Å². The fourth-order valence-corrected chi connectivity index (χ4v) is 10.8. The van der Waals surface area contributed by atoms with Crippen LogP contribution in [0.5, 0.6) is 0 Å². The van der Waals surface area contributed by atoms with Gasteiger partial charge in [0.15, 0.2) is 0 Å². The molecule has 3 rings (SSSR count). The van der Waals surface area contributed by atoms with E-state index in [2.05, 4.69) is 95.4 Å². The van der Waals surface area contributed by atoms with Crippen molar-refractivity contribution < 1.29 is 19.1 Å². The predicted octanol–water partition coefficient (Wildman–Crippen LogP) is 5.37. The first-order valence-corrected chi connectivity index (χ1v) is 14.5. The van der Waals surface area contributed by atoms with Gasteiger partial charge in [-0.05, 0) is 46.0 Å². The summed E-state index contributed by atoms with van der Waals surface area (Å²) in [5.74, 6) is 0.123. The van der Waals surface area contributed by atoms with E-state index in [4.69, 9.17) is 4.43 Å². The smallest absolute Gasteiger partial charge is 0.405 e. The normalized spacial score (nSPS) is 23.5. The van der Waals surface area contributed by atoms with E-state index >= 15 is 0 Å². The van der Waals surface area contributed by atoms with Gasteiger partial charge in [-0.15, -0.1) is 0 Å². The average molecular weight is 496 g/mol. The summed E-state index contributed by atoms with van der Waals surface area (Å²) < 4.78 is 7.51. The molecule has 1 fully saturated rings. The summed E-state index contributed by atoms with van der Waals surface area (Å²) in [5.41, 5.74) is -1.26. The molecule has 190 valence electrons. The number of carbonyl (C=O) groups excluding carboxylic acids is 1. The molecule has 2 aromatic carbocycles. The highest BCUT2D eigenvalue weighted by Crippen LogP contribution is 2.49. The van der Waals surface area contributed by atoms with E-state index in [1.165, 1.54) is 10.4 Å². The monoisotopic (exact) mass is 495 g/mol. The van der Waals surface area contributed by atoms with Crippen LogP contribution < -0.4 is 15.7 Å². The Balaban J connectivity index is 2.25. The van der Waals surface area contributed by atoms with Crippen molar-refractivity contribution in [1.82, 2.24) is 5.32 Å². The highest BCUT2D eigenvalue weighted by Gasteiger charge is 2.59. The molecule has 35 heavy (non-hydrogen) atoms. The molecule has 0 bridgehead atoms. The lowest BCUT2D eigenvalue weighted by Gasteiger charge is -2.57. The first kappa shape index (κ1) is 27.1. The zero-order valence-corrected chi connectivity index (χ0v) is 23.0. The molecular formula is C29H41NO4Si. The number of hydrogen-bond acceptors (Lipinski definition) is 3. The van der Waals surface area contributed by atoms with Crippen LogP contribution in [-0.2, 0) is 9.22 Å². The molecule has 1 saturated carbocycles. The number of carbonyl (C=O) groups is 2. The number of amides is 1. The number of benzene rings is 2. The zero-order valence-electron chi connectivity index (χ0n) is 22.0. The maximum atomic E-state index is 12.2. The second kappa shape index (κ2) is 10.3. The SMILES string of the molecule is CC(C)(C)[C@]1(NC(=O)O)C[C@@H](CC=O)CC[C@H]1O[Si](c1ccccc1)(c1ccccc1)C(C)(C)C. The average Bonchev–Trinajstić information content (AvgIpc) is 2.78. The van der Waals surface area contributed by atoms with Gasteiger partial charge in [0, 0.05) is 6.42 Å². The van der Waals surface area contributed by atoms with Gasteiger partial charge in [0.05, 0.1) is 11.6 Å². The third-order valence-electron chi connectivity index (χ3n) is 7.83. The van der Waals surface area contributed by atoms with Crippen LogP contribution in [0.15, 0.2) is 60.7 Å². The molecule has 0 unspecified atom stereocenters. The van der Waals surface area contributed by atoms with Crippen LogP contribution in [0.1, 0.15) is 67.2 Å². The molecule has 3 atom stereocenters. The minimum Gasteiger partial charge on any atom is -0.465 e. The Kier molecular flexibility index (Phi) is 7.97. The van der Waals surface area contributed by atoms with Gasteiger partial charge in [0.2, 0.25) is 0 Å². The molecule has 6 heteroatoms. The van der Waals surface area contributed by atoms with Crippen LogP contribution in [0.25, 0.3) is 0 Å². The van der Waals surface area contributed by atoms with Crippen molar-refractivity contribution in [2.24, 2.45) is 11.3 Å². The molecular weight excluding hydrogens is 454 g/mol. The predicted molar refractivity (Wildman–Crippen MR) is 144 cm³/mol. The zero-order chi connectivity index (χ0) is 25.9. The molecule has 0 heterocycles. The van der Waals surface area contributed by atoms with Gasteiger partial charge >= 0.3 is 6.09 Å². The Morgan fingerprint density at radius 1 is 1.00 bits per heavy atom. The third kappa shape index (κ3) is 5.24. The minimum atomic E-state index is -2.90. The van der Waals surface area contributed by atoms with Crippen LogP contribution in [0, 0.1) is 11.3 Å². The molecule has 1 amide bonds. The summed E-state index contributed by atoms with van der Waals surface area (Å²) in [4.78, 5) is 23.6. The van der Waals surface area contributed by atoms with E-state index in [0.717, 1.165) is 12.7 Å².